The minimum absolute atomic E-state index is 0.172. The molecule has 2 aliphatic rings. The topological polar surface area (TPSA) is 63.5 Å². The SMILES string of the molecule is CN1CCN(C(=O)C2CCCN2c2ccc(Cl)c(C#N)n2)CC1. The number of aromatic nitrogens is 1. The molecule has 122 valence electrons. The monoisotopic (exact) mass is 333 g/mol. The van der Waals surface area contributed by atoms with E-state index in [1.54, 1.807) is 12.1 Å². The Kier molecular flexibility index (Phi) is 4.69. The number of likely N-dealkylation sites (N-methyl/N-ethyl adjacent to an activating group) is 1. The molecule has 0 bridgehead atoms. The summed E-state index contributed by atoms with van der Waals surface area (Å²) in [4.78, 5) is 23.4. The van der Waals surface area contributed by atoms with Crippen molar-refractivity contribution in [3.63, 3.8) is 0 Å². The van der Waals surface area contributed by atoms with Gasteiger partial charge in [-0.05, 0) is 32.0 Å². The van der Waals surface area contributed by atoms with E-state index in [0.717, 1.165) is 45.6 Å². The summed E-state index contributed by atoms with van der Waals surface area (Å²) in [6.45, 7) is 4.16. The van der Waals surface area contributed by atoms with Gasteiger partial charge >= 0.3 is 0 Å². The molecule has 3 rings (SSSR count). The molecule has 6 nitrogen and oxygen atoms in total. The third kappa shape index (κ3) is 3.26. The summed E-state index contributed by atoms with van der Waals surface area (Å²) in [5.41, 5.74) is 0.210. The van der Waals surface area contributed by atoms with Crippen LogP contribution in [0.25, 0.3) is 0 Å². The molecule has 0 radical (unpaired) electrons. The van der Waals surface area contributed by atoms with Crippen molar-refractivity contribution in [2.75, 3.05) is 44.7 Å². The van der Waals surface area contributed by atoms with Crippen LogP contribution in [-0.4, -0.2) is 66.5 Å². The third-order valence-corrected chi connectivity index (χ3v) is 4.89. The normalized spacial score (nSPS) is 22.2. The molecule has 3 heterocycles. The summed E-state index contributed by atoms with van der Waals surface area (Å²) in [5, 5.41) is 9.44. The molecule has 23 heavy (non-hydrogen) atoms. The first-order valence-electron chi connectivity index (χ1n) is 7.91. The van der Waals surface area contributed by atoms with Gasteiger partial charge in [0.25, 0.3) is 0 Å². The van der Waals surface area contributed by atoms with E-state index in [1.807, 2.05) is 15.9 Å². The number of anilines is 1. The van der Waals surface area contributed by atoms with Crippen molar-refractivity contribution < 1.29 is 4.79 Å². The van der Waals surface area contributed by atoms with E-state index in [-0.39, 0.29) is 17.6 Å². The summed E-state index contributed by atoms with van der Waals surface area (Å²) in [6.07, 6.45) is 1.79. The second-order valence-corrected chi connectivity index (χ2v) is 6.50. The number of piperazine rings is 1. The van der Waals surface area contributed by atoms with E-state index in [1.165, 1.54) is 0 Å². The van der Waals surface area contributed by atoms with Gasteiger partial charge in [-0.1, -0.05) is 11.6 Å². The lowest BCUT2D eigenvalue weighted by atomic mass is 10.1. The maximum atomic E-state index is 12.9. The van der Waals surface area contributed by atoms with Crippen LogP contribution in [0.4, 0.5) is 5.82 Å². The Morgan fingerprint density at radius 1 is 1.30 bits per heavy atom. The first-order valence-corrected chi connectivity index (χ1v) is 8.28. The molecular weight excluding hydrogens is 314 g/mol. The first-order chi connectivity index (χ1) is 11.1. The van der Waals surface area contributed by atoms with Crippen LogP contribution in [0.1, 0.15) is 18.5 Å². The molecule has 2 aliphatic heterocycles. The van der Waals surface area contributed by atoms with Gasteiger partial charge in [-0.15, -0.1) is 0 Å². The highest BCUT2D eigenvalue weighted by molar-refractivity contribution is 6.31. The maximum absolute atomic E-state index is 12.9. The number of carbonyl (C=O) groups excluding carboxylic acids is 1. The first kappa shape index (κ1) is 16.0. The molecule has 2 fully saturated rings. The Labute approximate surface area is 141 Å². The van der Waals surface area contributed by atoms with Gasteiger partial charge in [0.1, 0.15) is 17.9 Å². The minimum Gasteiger partial charge on any atom is -0.345 e. The highest BCUT2D eigenvalue weighted by atomic mass is 35.5. The Morgan fingerprint density at radius 2 is 2.04 bits per heavy atom. The molecule has 0 aliphatic carbocycles. The van der Waals surface area contributed by atoms with Crippen molar-refractivity contribution in [1.82, 2.24) is 14.8 Å². The summed E-state index contributed by atoms with van der Waals surface area (Å²) in [7, 11) is 2.07. The van der Waals surface area contributed by atoms with Crippen LogP contribution in [0.2, 0.25) is 5.02 Å². The fraction of sp³-hybridized carbons (Fsp3) is 0.562. The Morgan fingerprint density at radius 3 is 2.74 bits per heavy atom. The van der Waals surface area contributed by atoms with E-state index < -0.39 is 0 Å². The molecule has 1 atom stereocenters. The second-order valence-electron chi connectivity index (χ2n) is 6.09. The van der Waals surface area contributed by atoms with Crippen molar-refractivity contribution in [2.45, 2.75) is 18.9 Å². The minimum atomic E-state index is -0.182. The van der Waals surface area contributed by atoms with Crippen LogP contribution in [0.5, 0.6) is 0 Å². The largest absolute Gasteiger partial charge is 0.345 e. The Hall–Kier alpha value is -1.84. The van der Waals surface area contributed by atoms with E-state index in [0.29, 0.717) is 10.8 Å². The molecule has 0 spiro atoms. The van der Waals surface area contributed by atoms with Gasteiger partial charge in [0.15, 0.2) is 5.69 Å². The van der Waals surface area contributed by atoms with Crippen molar-refractivity contribution in [3.05, 3.63) is 22.8 Å². The van der Waals surface area contributed by atoms with Gasteiger partial charge < -0.3 is 14.7 Å². The maximum Gasteiger partial charge on any atom is 0.245 e. The van der Waals surface area contributed by atoms with Crippen LogP contribution in [0.15, 0.2) is 12.1 Å². The van der Waals surface area contributed by atoms with E-state index >= 15 is 0 Å². The zero-order valence-electron chi connectivity index (χ0n) is 13.2. The molecule has 0 aromatic carbocycles. The lowest BCUT2D eigenvalue weighted by Crippen LogP contribution is -2.53. The van der Waals surface area contributed by atoms with Gasteiger partial charge in [-0.25, -0.2) is 4.98 Å². The molecule has 7 heteroatoms. The van der Waals surface area contributed by atoms with Crippen LogP contribution >= 0.6 is 11.6 Å². The number of amides is 1. The number of carbonyl (C=O) groups is 1. The van der Waals surface area contributed by atoms with Gasteiger partial charge in [0.05, 0.1) is 5.02 Å². The predicted molar refractivity (Wildman–Crippen MR) is 88.4 cm³/mol. The van der Waals surface area contributed by atoms with Gasteiger partial charge in [-0.3, -0.25) is 4.79 Å². The second kappa shape index (κ2) is 6.73. The molecule has 0 N–H and O–H groups in total. The highest BCUT2D eigenvalue weighted by Gasteiger charge is 2.35. The zero-order valence-corrected chi connectivity index (χ0v) is 14.0. The fourth-order valence-corrected chi connectivity index (χ4v) is 3.35. The number of hydrogen-bond donors (Lipinski definition) is 0. The zero-order chi connectivity index (χ0) is 16.4. The Bertz CT molecular complexity index is 636. The molecule has 1 amide bonds. The molecular formula is C16H20ClN5O. The van der Waals surface area contributed by atoms with Gasteiger partial charge in [0.2, 0.25) is 5.91 Å². The summed E-state index contributed by atoms with van der Waals surface area (Å²) in [6, 6.07) is 5.29. The molecule has 0 saturated carbocycles. The van der Waals surface area contributed by atoms with Crippen LogP contribution in [0, 0.1) is 11.3 Å². The molecule has 1 aromatic heterocycles. The van der Waals surface area contributed by atoms with Crippen LogP contribution < -0.4 is 4.90 Å². The van der Waals surface area contributed by atoms with E-state index in [4.69, 9.17) is 16.9 Å². The van der Waals surface area contributed by atoms with Crippen molar-refractivity contribution >= 4 is 23.3 Å². The molecule has 2 saturated heterocycles. The van der Waals surface area contributed by atoms with Crippen LogP contribution in [0.3, 0.4) is 0 Å². The van der Waals surface area contributed by atoms with E-state index in [2.05, 4.69) is 16.9 Å². The molecule has 1 unspecified atom stereocenters. The van der Waals surface area contributed by atoms with Gasteiger partial charge in [-0.2, -0.15) is 5.26 Å². The smallest absolute Gasteiger partial charge is 0.245 e. The third-order valence-electron chi connectivity index (χ3n) is 4.58. The summed E-state index contributed by atoms with van der Waals surface area (Å²) >= 11 is 5.95. The van der Waals surface area contributed by atoms with Crippen molar-refractivity contribution in [3.8, 4) is 6.07 Å². The number of rotatable bonds is 2. The van der Waals surface area contributed by atoms with Crippen LogP contribution in [-0.2, 0) is 4.79 Å². The standard InChI is InChI=1S/C16H20ClN5O/c1-20-7-9-21(10-8-20)16(23)14-3-2-6-22(14)15-5-4-12(17)13(11-18)19-15/h4-5,14H,2-3,6-10H2,1H3. The number of hydrogen-bond acceptors (Lipinski definition) is 5. The summed E-state index contributed by atoms with van der Waals surface area (Å²) in [5.74, 6) is 0.835. The number of nitrogens with zero attached hydrogens (tertiary/aromatic N) is 5. The highest BCUT2D eigenvalue weighted by Crippen LogP contribution is 2.27. The summed E-state index contributed by atoms with van der Waals surface area (Å²) < 4.78 is 0. The van der Waals surface area contributed by atoms with Crippen molar-refractivity contribution in [1.29, 1.82) is 5.26 Å². The fourth-order valence-electron chi connectivity index (χ4n) is 3.21. The lowest BCUT2D eigenvalue weighted by molar-refractivity contribution is -0.134. The quantitative estimate of drug-likeness (QED) is 0.817. The average Bonchev–Trinajstić information content (AvgIpc) is 3.05. The van der Waals surface area contributed by atoms with Gasteiger partial charge in [0, 0.05) is 32.7 Å². The predicted octanol–water partition coefficient (Wildman–Crippen LogP) is 1.35. The average molecular weight is 334 g/mol. The number of halogens is 1. The molecule has 1 aromatic rings. The lowest BCUT2D eigenvalue weighted by Gasteiger charge is -2.36. The van der Waals surface area contributed by atoms with E-state index in [9.17, 15) is 4.79 Å². The Balaban J connectivity index is 1.77. The number of nitriles is 1. The van der Waals surface area contributed by atoms with Crippen molar-refractivity contribution in [2.24, 2.45) is 0 Å². The number of pyridine rings is 1.